The predicted octanol–water partition coefficient (Wildman–Crippen LogP) is 2.56. The van der Waals surface area contributed by atoms with Crippen molar-refractivity contribution in [1.82, 2.24) is 5.32 Å². The fourth-order valence-corrected chi connectivity index (χ4v) is 1.40. The molecule has 4 nitrogen and oxygen atoms in total. The van der Waals surface area contributed by atoms with Crippen molar-refractivity contribution in [1.29, 1.82) is 0 Å². The number of carbonyl (C=O) groups excluding carboxylic acids is 2. The first-order chi connectivity index (χ1) is 8.31. The van der Waals surface area contributed by atoms with Crippen LogP contribution in [0.25, 0.3) is 0 Å². The van der Waals surface area contributed by atoms with Crippen LogP contribution in [0.5, 0.6) is 0 Å². The molecular formula is C14H20N2O2. The average molecular weight is 248 g/mol. The molecule has 1 aromatic carbocycles. The van der Waals surface area contributed by atoms with E-state index in [-0.39, 0.29) is 17.4 Å². The molecule has 0 aliphatic heterocycles. The van der Waals surface area contributed by atoms with Gasteiger partial charge in [0.1, 0.15) is 0 Å². The van der Waals surface area contributed by atoms with Crippen LogP contribution < -0.4 is 10.6 Å². The second-order valence-corrected chi connectivity index (χ2v) is 5.19. The van der Waals surface area contributed by atoms with E-state index in [4.69, 9.17) is 0 Å². The third-order valence-corrected chi connectivity index (χ3v) is 2.22. The van der Waals surface area contributed by atoms with E-state index in [1.807, 2.05) is 20.8 Å². The predicted molar refractivity (Wildman–Crippen MR) is 72.6 cm³/mol. The molecule has 0 radical (unpaired) electrons. The van der Waals surface area contributed by atoms with Gasteiger partial charge in [0.25, 0.3) is 5.91 Å². The first-order valence-corrected chi connectivity index (χ1v) is 6.04. The summed E-state index contributed by atoms with van der Waals surface area (Å²) in [5, 5.41) is 5.61. The minimum atomic E-state index is -0.278. The number of hydrogen-bond acceptors (Lipinski definition) is 2. The molecule has 2 N–H and O–H groups in total. The molecular weight excluding hydrogens is 228 g/mol. The molecule has 0 aromatic heterocycles. The summed E-state index contributed by atoms with van der Waals surface area (Å²) in [5.41, 5.74) is 0.905. The number of nitrogens with one attached hydrogen (secondary N) is 2. The van der Waals surface area contributed by atoms with Crippen molar-refractivity contribution >= 4 is 17.5 Å². The Morgan fingerprint density at radius 1 is 1.22 bits per heavy atom. The van der Waals surface area contributed by atoms with E-state index in [2.05, 4.69) is 10.6 Å². The van der Waals surface area contributed by atoms with Crippen LogP contribution in [0.3, 0.4) is 0 Å². The van der Waals surface area contributed by atoms with Crippen molar-refractivity contribution in [3.8, 4) is 0 Å². The van der Waals surface area contributed by atoms with Crippen molar-refractivity contribution in [2.75, 3.05) is 5.32 Å². The molecule has 0 aliphatic rings. The minimum Gasteiger partial charge on any atom is -0.347 e. The van der Waals surface area contributed by atoms with Crippen molar-refractivity contribution < 1.29 is 9.59 Å². The summed E-state index contributed by atoms with van der Waals surface area (Å²) < 4.78 is 0. The van der Waals surface area contributed by atoms with Gasteiger partial charge >= 0.3 is 0 Å². The summed E-state index contributed by atoms with van der Waals surface area (Å²) in [7, 11) is 0. The quantitative estimate of drug-likeness (QED) is 0.863. The summed E-state index contributed by atoms with van der Waals surface area (Å²) in [4.78, 5) is 23.2. The van der Waals surface area contributed by atoms with Gasteiger partial charge in [-0.15, -0.1) is 0 Å². The van der Waals surface area contributed by atoms with E-state index in [1.54, 1.807) is 31.2 Å². The minimum absolute atomic E-state index is 0.0663. The molecule has 0 unspecified atom stereocenters. The maximum Gasteiger partial charge on any atom is 0.251 e. The third kappa shape index (κ3) is 4.57. The zero-order chi connectivity index (χ0) is 13.8. The number of benzene rings is 1. The van der Waals surface area contributed by atoms with Crippen molar-refractivity contribution in [3.63, 3.8) is 0 Å². The fraction of sp³-hybridized carbons (Fsp3) is 0.429. The highest BCUT2D eigenvalue weighted by atomic mass is 16.2. The molecule has 18 heavy (non-hydrogen) atoms. The molecule has 0 saturated heterocycles. The number of carbonyl (C=O) groups is 2. The van der Waals surface area contributed by atoms with Crippen LogP contribution in [0.1, 0.15) is 44.5 Å². The topological polar surface area (TPSA) is 58.2 Å². The second-order valence-electron chi connectivity index (χ2n) is 5.19. The van der Waals surface area contributed by atoms with Crippen LogP contribution in [0, 0.1) is 0 Å². The highest BCUT2D eigenvalue weighted by Crippen LogP contribution is 2.12. The van der Waals surface area contributed by atoms with Crippen LogP contribution in [-0.2, 0) is 4.79 Å². The van der Waals surface area contributed by atoms with Crippen LogP contribution in [0.2, 0.25) is 0 Å². The zero-order valence-corrected chi connectivity index (χ0v) is 11.3. The van der Waals surface area contributed by atoms with E-state index in [1.165, 1.54) is 0 Å². The molecule has 0 atom stereocenters. The molecule has 2 amide bonds. The zero-order valence-electron chi connectivity index (χ0n) is 11.3. The molecule has 98 valence electrons. The summed E-state index contributed by atoms with van der Waals surface area (Å²) in [6.45, 7) is 7.56. The Kier molecular flexibility index (Phi) is 4.48. The average Bonchev–Trinajstić information content (AvgIpc) is 2.27. The monoisotopic (exact) mass is 248 g/mol. The maximum absolute atomic E-state index is 11.9. The third-order valence-electron chi connectivity index (χ3n) is 2.22. The summed E-state index contributed by atoms with van der Waals surface area (Å²) >= 11 is 0. The van der Waals surface area contributed by atoms with Gasteiger partial charge in [0.15, 0.2) is 0 Å². The Morgan fingerprint density at radius 3 is 2.44 bits per heavy atom. The molecule has 0 bridgehead atoms. The van der Waals surface area contributed by atoms with Crippen LogP contribution >= 0.6 is 0 Å². The van der Waals surface area contributed by atoms with Gasteiger partial charge in [-0.25, -0.2) is 0 Å². The van der Waals surface area contributed by atoms with Crippen LogP contribution in [-0.4, -0.2) is 17.4 Å². The van der Waals surface area contributed by atoms with Crippen LogP contribution in [0.4, 0.5) is 5.69 Å². The van der Waals surface area contributed by atoms with Gasteiger partial charge in [-0.05, 0) is 39.0 Å². The molecule has 1 aromatic rings. The fourth-order valence-electron chi connectivity index (χ4n) is 1.40. The SMILES string of the molecule is CCC(=O)Nc1cccc(C(=O)NC(C)(C)C)c1. The number of amides is 2. The summed E-state index contributed by atoms with van der Waals surface area (Å²) in [6, 6.07) is 6.92. The van der Waals surface area contributed by atoms with Gasteiger partial charge in [-0.1, -0.05) is 13.0 Å². The first-order valence-electron chi connectivity index (χ1n) is 6.04. The van der Waals surface area contributed by atoms with Gasteiger partial charge in [-0.2, -0.15) is 0 Å². The van der Waals surface area contributed by atoms with E-state index >= 15 is 0 Å². The Bertz CT molecular complexity index is 447. The molecule has 0 heterocycles. The van der Waals surface area contributed by atoms with Gasteiger partial charge in [0.2, 0.25) is 5.91 Å². The van der Waals surface area contributed by atoms with Crippen molar-refractivity contribution in [2.45, 2.75) is 39.7 Å². The first kappa shape index (κ1) is 14.2. The van der Waals surface area contributed by atoms with Crippen LogP contribution in [0.15, 0.2) is 24.3 Å². The highest BCUT2D eigenvalue weighted by molar-refractivity contribution is 5.97. The van der Waals surface area contributed by atoms with Crippen molar-refractivity contribution in [2.24, 2.45) is 0 Å². The Hall–Kier alpha value is -1.84. The van der Waals surface area contributed by atoms with E-state index in [9.17, 15) is 9.59 Å². The smallest absolute Gasteiger partial charge is 0.251 e. The molecule has 0 aliphatic carbocycles. The lowest BCUT2D eigenvalue weighted by molar-refractivity contribution is -0.115. The number of hydrogen-bond donors (Lipinski definition) is 2. The normalized spacial score (nSPS) is 10.9. The lowest BCUT2D eigenvalue weighted by atomic mass is 10.1. The maximum atomic E-state index is 11.9. The molecule has 1 rings (SSSR count). The number of rotatable bonds is 3. The molecule has 0 spiro atoms. The van der Waals surface area contributed by atoms with Gasteiger partial charge in [0.05, 0.1) is 0 Å². The Labute approximate surface area is 108 Å². The van der Waals surface area contributed by atoms with Crippen molar-refractivity contribution in [3.05, 3.63) is 29.8 Å². The molecule has 0 fully saturated rings. The Morgan fingerprint density at radius 2 is 1.89 bits per heavy atom. The second kappa shape index (κ2) is 5.67. The van der Waals surface area contributed by atoms with E-state index in [0.29, 0.717) is 17.7 Å². The summed E-state index contributed by atoms with van der Waals surface area (Å²) in [6.07, 6.45) is 0.415. The Balaban J connectivity index is 2.82. The van der Waals surface area contributed by atoms with E-state index < -0.39 is 0 Å². The lowest BCUT2D eigenvalue weighted by Crippen LogP contribution is -2.40. The van der Waals surface area contributed by atoms with E-state index in [0.717, 1.165) is 0 Å². The summed E-state index contributed by atoms with van der Waals surface area (Å²) in [5.74, 6) is -0.210. The van der Waals surface area contributed by atoms with Gasteiger partial charge in [0, 0.05) is 23.2 Å². The van der Waals surface area contributed by atoms with Gasteiger partial charge in [-0.3, -0.25) is 9.59 Å². The highest BCUT2D eigenvalue weighted by Gasteiger charge is 2.15. The molecule has 0 saturated carbocycles. The standard InChI is InChI=1S/C14H20N2O2/c1-5-12(17)15-11-8-6-7-10(9-11)13(18)16-14(2,3)4/h6-9H,5H2,1-4H3,(H,15,17)(H,16,18). The van der Waals surface area contributed by atoms with Gasteiger partial charge < -0.3 is 10.6 Å². The number of anilines is 1. The largest absolute Gasteiger partial charge is 0.347 e. The molecule has 4 heteroatoms. The lowest BCUT2D eigenvalue weighted by Gasteiger charge is -2.20.